The normalized spacial score (nSPS) is 11.1. The molecule has 2 aromatic carbocycles. The van der Waals surface area contributed by atoms with Crippen LogP contribution in [0.2, 0.25) is 0 Å². The van der Waals surface area contributed by atoms with Crippen molar-refractivity contribution in [3.8, 4) is 0 Å². The number of hydroxylamine groups is 2. The summed E-state index contributed by atoms with van der Waals surface area (Å²) in [5, 5.41) is 12.8. The molecule has 0 saturated heterocycles. The monoisotopic (exact) mass is 187 g/mol. The molecule has 1 N–H and O–H groups in total. The van der Waals surface area contributed by atoms with Gasteiger partial charge in [0, 0.05) is 13.6 Å². The summed E-state index contributed by atoms with van der Waals surface area (Å²) < 4.78 is 0. The van der Waals surface area contributed by atoms with Crippen LogP contribution >= 0.6 is 0 Å². The SMILES string of the molecule is CN(O)Cc1cccc2ccccc12. The average Bonchev–Trinajstić information content (AvgIpc) is 2.18. The zero-order chi connectivity index (χ0) is 9.97. The standard InChI is InChI=1S/C12H13NO/c1-13(14)9-11-7-4-6-10-5-2-3-8-12(10)11/h2-8,14H,9H2,1H3. The molecule has 2 aromatic rings. The molecule has 0 aliphatic carbocycles. The molecule has 14 heavy (non-hydrogen) atoms. The van der Waals surface area contributed by atoms with Crippen LogP contribution in [0.15, 0.2) is 42.5 Å². The highest BCUT2D eigenvalue weighted by molar-refractivity contribution is 5.85. The lowest BCUT2D eigenvalue weighted by Gasteiger charge is -2.10. The lowest BCUT2D eigenvalue weighted by molar-refractivity contribution is -0.0728. The van der Waals surface area contributed by atoms with Crippen molar-refractivity contribution in [2.75, 3.05) is 7.05 Å². The van der Waals surface area contributed by atoms with E-state index >= 15 is 0 Å². The second-order valence-electron chi connectivity index (χ2n) is 3.45. The highest BCUT2D eigenvalue weighted by Crippen LogP contribution is 2.18. The molecule has 0 aromatic heterocycles. The maximum atomic E-state index is 9.20. The van der Waals surface area contributed by atoms with Crippen LogP contribution in [-0.2, 0) is 6.54 Å². The van der Waals surface area contributed by atoms with Crippen molar-refractivity contribution >= 4 is 10.8 Å². The largest absolute Gasteiger partial charge is 0.314 e. The average molecular weight is 187 g/mol. The van der Waals surface area contributed by atoms with Gasteiger partial charge in [0.25, 0.3) is 0 Å². The van der Waals surface area contributed by atoms with Crippen LogP contribution in [0.5, 0.6) is 0 Å². The maximum Gasteiger partial charge on any atom is 0.0491 e. The van der Waals surface area contributed by atoms with Crippen molar-refractivity contribution in [1.29, 1.82) is 0 Å². The van der Waals surface area contributed by atoms with Gasteiger partial charge in [-0.2, -0.15) is 5.06 Å². The molecule has 72 valence electrons. The number of fused-ring (bicyclic) bond motifs is 1. The summed E-state index contributed by atoms with van der Waals surface area (Å²) in [6.45, 7) is 0.557. The molecule has 0 radical (unpaired) electrons. The van der Waals surface area contributed by atoms with Crippen LogP contribution in [0.3, 0.4) is 0 Å². The summed E-state index contributed by atoms with van der Waals surface area (Å²) in [4.78, 5) is 0. The molecule has 0 heterocycles. The van der Waals surface area contributed by atoms with Crippen LogP contribution < -0.4 is 0 Å². The molecule has 2 rings (SSSR count). The van der Waals surface area contributed by atoms with E-state index in [9.17, 15) is 5.21 Å². The number of benzene rings is 2. The van der Waals surface area contributed by atoms with Crippen LogP contribution in [0, 0.1) is 0 Å². The second kappa shape index (κ2) is 3.78. The van der Waals surface area contributed by atoms with E-state index in [1.807, 2.05) is 24.3 Å². The Balaban J connectivity index is 2.53. The van der Waals surface area contributed by atoms with Gasteiger partial charge < -0.3 is 5.21 Å². The predicted octanol–water partition coefficient (Wildman–Crippen LogP) is 2.66. The molecule has 0 amide bonds. The van der Waals surface area contributed by atoms with Crippen molar-refractivity contribution in [1.82, 2.24) is 5.06 Å². The van der Waals surface area contributed by atoms with Gasteiger partial charge in [0.1, 0.15) is 0 Å². The molecule has 2 nitrogen and oxygen atoms in total. The number of hydrogen-bond acceptors (Lipinski definition) is 2. The number of rotatable bonds is 2. The number of nitrogens with zero attached hydrogens (tertiary/aromatic N) is 1. The first-order valence-electron chi connectivity index (χ1n) is 4.64. The maximum absolute atomic E-state index is 9.20. The van der Waals surface area contributed by atoms with Gasteiger partial charge in [-0.3, -0.25) is 0 Å². The summed E-state index contributed by atoms with van der Waals surface area (Å²) in [5.74, 6) is 0. The molecule has 0 aliphatic rings. The summed E-state index contributed by atoms with van der Waals surface area (Å²) >= 11 is 0. The van der Waals surface area contributed by atoms with Gasteiger partial charge >= 0.3 is 0 Å². The van der Waals surface area contributed by atoms with Crippen LogP contribution in [-0.4, -0.2) is 17.3 Å². The summed E-state index contributed by atoms with van der Waals surface area (Å²) in [5.41, 5.74) is 1.15. The lowest BCUT2D eigenvalue weighted by Crippen LogP contribution is -2.11. The Morgan fingerprint density at radius 2 is 1.79 bits per heavy atom. The van der Waals surface area contributed by atoms with E-state index in [1.165, 1.54) is 15.8 Å². The lowest BCUT2D eigenvalue weighted by atomic mass is 10.0. The fourth-order valence-electron chi connectivity index (χ4n) is 1.68. The Morgan fingerprint density at radius 3 is 2.57 bits per heavy atom. The van der Waals surface area contributed by atoms with Gasteiger partial charge in [-0.1, -0.05) is 42.5 Å². The quantitative estimate of drug-likeness (QED) is 0.730. The Hall–Kier alpha value is -1.38. The molecule has 0 bridgehead atoms. The first kappa shape index (κ1) is 9.19. The predicted molar refractivity (Wildman–Crippen MR) is 57.2 cm³/mol. The molecule has 2 heteroatoms. The molecule has 0 aliphatic heterocycles. The van der Waals surface area contributed by atoms with Crippen LogP contribution in [0.4, 0.5) is 0 Å². The van der Waals surface area contributed by atoms with Crippen molar-refractivity contribution in [2.45, 2.75) is 6.54 Å². The van der Waals surface area contributed by atoms with E-state index in [2.05, 4.69) is 18.2 Å². The zero-order valence-corrected chi connectivity index (χ0v) is 8.14. The minimum absolute atomic E-state index is 0.557. The van der Waals surface area contributed by atoms with E-state index < -0.39 is 0 Å². The minimum Gasteiger partial charge on any atom is -0.314 e. The number of hydrogen-bond donors (Lipinski definition) is 1. The minimum atomic E-state index is 0.557. The third kappa shape index (κ3) is 1.76. The molecule has 0 atom stereocenters. The van der Waals surface area contributed by atoms with E-state index in [-0.39, 0.29) is 0 Å². The first-order valence-corrected chi connectivity index (χ1v) is 4.64. The molecular weight excluding hydrogens is 174 g/mol. The highest BCUT2D eigenvalue weighted by Gasteiger charge is 2.01. The van der Waals surface area contributed by atoms with E-state index in [0.29, 0.717) is 6.54 Å². The molecule has 0 fully saturated rings. The zero-order valence-electron chi connectivity index (χ0n) is 8.14. The van der Waals surface area contributed by atoms with Crippen LogP contribution in [0.25, 0.3) is 10.8 Å². The van der Waals surface area contributed by atoms with Gasteiger partial charge in [-0.25, -0.2) is 0 Å². The third-order valence-corrected chi connectivity index (χ3v) is 2.28. The summed E-state index contributed by atoms with van der Waals surface area (Å²) in [6, 6.07) is 14.3. The topological polar surface area (TPSA) is 23.5 Å². The summed E-state index contributed by atoms with van der Waals surface area (Å²) in [7, 11) is 1.65. The first-order chi connectivity index (χ1) is 6.77. The van der Waals surface area contributed by atoms with Gasteiger partial charge in [0.15, 0.2) is 0 Å². The van der Waals surface area contributed by atoms with Crippen molar-refractivity contribution in [3.63, 3.8) is 0 Å². The molecule has 0 unspecified atom stereocenters. The van der Waals surface area contributed by atoms with Crippen LogP contribution in [0.1, 0.15) is 5.56 Å². The highest BCUT2D eigenvalue weighted by atomic mass is 16.5. The van der Waals surface area contributed by atoms with E-state index in [0.717, 1.165) is 5.56 Å². The van der Waals surface area contributed by atoms with Gasteiger partial charge in [0.2, 0.25) is 0 Å². The fraction of sp³-hybridized carbons (Fsp3) is 0.167. The fourth-order valence-corrected chi connectivity index (χ4v) is 1.68. The van der Waals surface area contributed by atoms with E-state index in [4.69, 9.17) is 0 Å². The van der Waals surface area contributed by atoms with Crippen molar-refractivity contribution in [3.05, 3.63) is 48.0 Å². The molecule has 0 spiro atoms. The Labute approximate surface area is 83.4 Å². The smallest absolute Gasteiger partial charge is 0.0491 e. The second-order valence-corrected chi connectivity index (χ2v) is 3.45. The van der Waals surface area contributed by atoms with Crippen molar-refractivity contribution < 1.29 is 5.21 Å². The summed E-state index contributed by atoms with van der Waals surface area (Å²) in [6.07, 6.45) is 0. The van der Waals surface area contributed by atoms with Gasteiger partial charge in [-0.05, 0) is 16.3 Å². The van der Waals surface area contributed by atoms with E-state index in [1.54, 1.807) is 7.05 Å². The van der Waals surface area contributed by atoms with Gasteiger partial charge in [0.05, 0.1) is 0 Å². The molecular formula is C12H13NO. The van der Waals surface area contributed by atoms with Gasteiger partial charge in [-0.15, -0.1) is 0 Å². The molecule has 0 saturated carbocycles. The third-order valence-electron chi connectivity index (χ3n) is 2.28. The Kier molecular flexibility index (Phi) is 2.48. The Bertz CT molecular complexity index is 432. The Morgan fingerprint density at radius 1 is 1.07 bits per heavy atom. The van der Waals surface area contributed by atoms with Crippen molar-refractivity contribution in [2.24, 2.45) is 0 Å².